The van der Waals surface area contributed by atoms with E-state index in [1.54, 1.807) is 0 Å². The smallest absolute Gasteiger partial charge is 0.251 e. The van der Waals surface area contributed by atoms with Crippen LogP contribution in [0.4, 0.5) is 0 Å². The van der Waals surface area contributed by atoms with Crippen LogP contribution in [0.5, 0.6) is 0 Å². The highest BCUT2D eigenvalue weighted by Gasteiger charge is 2.22. The topological polar surface area (TPSA) is 44.9 Å². The second-order valence-electron chi connectivity index (χ2n) is 7.24. The molecule has 0 spiro atoms. The van der Waals surface area contributed by atoms with Crippen molar-refractivity contribution in [2.75, 3.05) is 5.33 Å². The van der Waals surface area contributed by atoms with Crippen molar-refractivity contribution < 1.29 is 4.79 Å². The minimum atomic E-state index is -0.00969. The van der Waals surface area contributed by atoms with Gasteiger partial charge in [0.1, 0.15) is 0 Å². The van der Waals surface area contributed by atoms with E-state index in [9.17, 15) is 4.79 Å². The zero-order valence-electron chi connectivity index (χ0n) is 16.5. The van der Waals surface area contributed by atoms with E-state index in [-0.39, 0.29) is 11.9 Å². The van der Waals surface area contributed by atoms with Crippen LogP contribution in [-0.4, -0.2) is 16.2 Å². The third-order valence-corrected chi connectivity index (χ3v) is 5.62. The van der Waals surface area contributed by atoms with Crippen LogP contribution in [0.3, 0.4) is 0 Å². The van der Waals surface area contributed by atoms with E-state index < -0.39 is 0 Å². The highest BCUT2D eigenvalue weighted by atomic mass is 79.9. The van der Waals surface area contributed by atoms with Gasteiger partial charge in [0.15, 0.2) is 0 Å². The lowest BCUT2D eigenvalue weighted by Gasteiger charge is -2.20. The summed E-state index contributed by atoms with van der Waals surface area (Å²) < 4.78 is 0. The average molecular weight is 441 g/mol. The zero-order chi connectivity index (χ0) is 19.8. The number of halogens is 1. The number of rotatable bonds is 10. The number of H-pyrrole nitrogens is 1. The summed E-state index contributed by atoms with van der Waals surface area (Å²) in [5.41, 5.74) is 4.31. The number of fused-ring (bicyclic) bond motifs is 1. The number of carbonyl (C=O) groups excluding carboxylic acids is 1. The molecule has 0 aliphatic heterocycles. The van der Waals surface area contributed by atoms with Gasteiger partial charge in [-0.05, 0) is 36.6 Å². The molecule has 0 bridgehead atoms. The van der Waals surface area contributed by atoms with Gasteiger partial charge in [0.05, 0.1) is 6.04 Å². The Balaban J connectivity index is 1.90. The lowest BCUT2D eigenvalue weighted by Crippen LogP contribution is -2.29. The number of aryl methyl sites for hydroxylation is 1. The second-order valence-corrected chi connectivity index (χ2v) is 8.04. The van der Waals surface area contributed by atoms with Gasteiger partial charge in [0, 0.05) is 27.5 Å². The molecule has 3 nitrogen and oxygen atoms in total. The Morgan fingerprint density at radius 1 is 1.04 bits per heavy atom. The van der Waals surface area contributed by atoms with Crippen molar-refractivity contribution in [2.45, 2.75) is 51.5 Å². The van der Waals surface area contributed by atoms with Crippen LogP contribution in [0.15, 0.2) is 54.6 Å². The van der Waals surface area contributed by atoms with Crippen LogP contribution in [-0.2, 0) is 6.42 Å². The van der Waals surface area contributed by atoms with Gasteiger partial charge >= 0.3 is 0 Å². The van der Waals surface area contributed by atoms with Crippen LogP contribution >= 0.6 is 15.9 Å². The molecule has 2 aromatic carbocycles. The first-order valence-electron chi connectivity index (χ1n) is 10.3. The largest absolute Gasteiger partial charge is 0.356 e. The first-order chi connectivity index (χ1) is 13.7. The summed E-state index contributed by atoms with van der Waals surface area (Å²) in [5.74, 6) is -0.00969. The molecule has 1 heterocycles. The molecule has 1 amide bonds. The lowest BCUT2D eigenvalue weighted by molar-refractivity contribution is 0.0933. The van der Waals surface area contributed by atoms with E-state index in [1.165, 1.54) is 30.2 Å². The fraction of sp³-hybridized carbons (Fsp3) is 0.375. The summed E-state index contributed by atoms with van der Waals surface area (Å²) in [6.07, 6.45) is 6.63. The number of hydrogen-bond donors (Lipinski definition) is 2. The number of nitrogens with one attached hydrogen (secondary N) is 2. The molecule has 148 valence electrons. The Morgan fingerprint density at radius 2 is 1.79 bits per heavy atom. The standard InChI is InChI=1S/C24H29BrN2O/c1-2-3-4-8-15-22(27-24(28)18-11-6-5-7-12-18)23-20(16-17-25)19-13-9-10-14-21(19)26-23/h5-7,9-14,22,26H,2-4,8,15-17H2,1H3,(H,27,28). The van der Waals surface area contributed by atoms with E-state index in [4.69, 9.17) is 0 Å². The monoisotopic (exact) mass is 440 g/mol. The van der Waals surface area contributed by atoms with Gasteiger partial charge in [-0.2, -0.15) is 0 Å². The van der Waals surface area contributed by atoms with E-state index in [0.29, 0.717) is 5.56 Å². The number of carbonyl (C=O) groups is 1. The molecule has 4 heteroatoms. The highest BCUT2D eigenvalue weighted by molar-refractivity contribution is 9.09. The van der Waals surface area contributed by atoms with Gasteiger partial charge in [0.25, 0.3) is 5.91 Å². The molecule has 0 radical (unpaired) electrons. The van der Waals surface area contributed by atoms with Gasteiger partial charge < -0.3 is 10.3 Å². The SMILES string of the molecule is CCCCCCC(NC(=O)c1ccccc1)c1[nH]c2ccccc2c1CCBr. The molecule has 2 N–H and O–H groups in total. The molecule has 0 saturated heterocycles. The number of aromatic amines is 1. The van der Waals surface area contributed by atoms with E-state index in [1.807, 2.05) is 30.3 Å². The minimum Gasteiger partial charge on any atom is -0.356 e. The molecule has 0 aliphatic rings. The maximum Gasteiger partial charge on any atom is 0.251 e. The number of hydrogen-bond acceptors (Lipinski definition) is 1. The lowest BCUT2D eigenvalue weighted by atomic mass is 9.98. The first kappa shape index (κ1) is 20.7. The van der Waals surface area contributed by atoms with Crippen molar-refractivity contribution in [2.24, 2.45) is 0 Å². The molecular formula is C24H29BrN2O. The molecule has 1 unspecified atom stereocenters. The molecule has 28 heavy (non-hydrogen) atoms. The normalized spacial score (nSPS) is 12.2. The Bertz CT molecular complexity index is 888. The van der Waals surface area contributed by atoms with Gasteiger partial charge in [-0.1, -0.05) is 84.9 Å². The maximum absolute atomic E-state index is 12.9. The predicted octanol–water partition coefficient (Wildman–Crippen LogP) is 6.55. The summed E-state index contributed by atoms with van der Waals surface area (Å²) in [6, 6.07) is 17.9. The fourth-order valence-corrected chi connectivity index (χ4v) is 4.17. The Kier molecular flexibility index (Phi) is 7.72. The van der Waals surface area contributed by atoms with Gasteiger partial charge in [-0.3, -0.25) is 4.79 Å². The van der Waals surface area contributed by atoms with Crippen molar-refractivity contribution in [1.82, 2.24) is 10.3 Å². The van der Waals surface area contributed by atoms with Crippen LogP contribution < -0.4 is 5.32 Å². The fourth-order valence-electron chi connectivity index (χ4n) is 3.78. The molecule has 3 rings (SSSR count). The molecule has 1 atom stereocenters. The second kappa shape index (κ2) is 10.5. The van der Waals surface area contributed by atoms with Gasteiger partial charge in [-0.25, -0.2) is 0 Å². The molecular weight excluding hydrogens is 412 g/mol. The average Bonchev–Trinajstić information content (AvgIpc) is 3.09. The van der Waals surface area contributed by atoms with Crippen molar-refractivity contribution in [3.8, 4) is 0 Å². The number of unbranched alkanes of at least 4 members (excludes halogenated alkanes) is 3. The number of alkyl halides is 1. The van der Waals surface area contributed by atoms with Crippen molar-refractivity contribution >= 4 is 32.7 Å². The Labute approximate surface area is 176 Å². The zero-order valence-corrected chi connectivity index (χ0v) is 18.1. The third-order valence-electron chi connectivity index (χ3n) is 5.23. The minimum absolute atomic E-state index is 0.00832. The number of para-hydroxylation sites is 1. The van der Waals surface area contributed by atoms with E-state index in [2.05, 4.69) is 57.4 Å². The number of aromatic nitrogens is 1. The summed E-state index contributed by atoms with van der Waals surface area (Å²) in [4.78, 5) is 16.5. The Hall–Kier alpha value is -2.07. The van der Waals surface area contributed by atoms with Crippen molar-refractivity contribution in [3.05, 3.63) is 71.4 Å². The van der Waals surface area contributed by atoms with Gasteiger partial charge in [0.2, 0.25) is 0 Å². The quantitative estimate of drug-likeness (QED) is 0.272. The maximum atomic E-state index is 12.9. The van der Waals surface area contributed by atoms with E-state index in [0.717, 1.165) is 35.8 Å². The highest BCUT2D eigenvalue weighted by Crippen LogP contribution is 2.30. The molecule has 3 aromatic rings. The third kappa shape index (κ3) is 5.05. The van der Waals surface area contributed by atoms with E-state index >= 15 is 0 Å². The molecule has 0 fully saturated rings. The first-order valence-corrected chi connectivity index (χ1v) is 11.4. The summed E-state index contributed by atoms with van der Waals surface area (Å²) >= 11 is 3.60. The summed E-state index contributed by atoms with van der Waals surface area (Å²) in [6.45, 7) is 2.22. The van der Waals surface area contributed by atoms with Crippen molar-refractivity contribution in [1.29, 1.82) is 0 Å². The predicted molar refractivity (Wildman–Crippen MR) is 121 cm³/mol. The van der Waals surface area contributed by atoms with Gasteiger partial charge in [-0.15, -0.1) is 0 Å². The van der Waals surface area contributed by atoms with Crippen LogP contribution in [0, 0.1) is 0 Å². The van der Waals surface area contributed by atoms with Crippen molar-refractivity contribution in [3.63, 3.8) is 0 Å². The van der Waals surface area contributed by atoms with Crippen LogP contribution in [0.2, 0.25) is 0 Å². The molecule has 1 aromatic heterocycles. The summed E-state index contributed by atoms with van der Waals surface area (Å²) in [5, 5.41) is 5.45. The number of benzene rings is 2. The van der Waals surface area contributed by atoms with Crippen LogP contribution in [0.25, 0.3) is 10.9 Å². The number of amides is 1. The van der Waals surface area contributed by atoms with Crippen LogP contribution in [0.1, 0.15) is 66.7 Å². The molecule has 0 aliphatic carbocycles. The summed E-state index contributed by atoms with van der Waals surface area (Å²) in [7, 11) is 0. The Morgan fingerprint density at radius 3 is 2.54 bits per heavy atom. The molecule has 0 saturated carbocycles.